The summed E-state index contributed by atoms with van der Waals surface area (Å²) in [6.45, 7) is 4.49. The first-order valence-electron chi connectivity index (χ1n) is 35.7. The zero-order chi connectivity index (χ0) is 59.8. The smallest absolute Gasteiger partial charge is 0.462 e. The quantitative estimate of drug-likeness (QED) is 0.0211. The molecule has 0 fully saturated rings. The van der Waals surface area contributed by atoms with Crippen LogP contribution in [0.5, 0.6) is 0 Å². The van der Waals surface area contributed by atoms with Gasteiger partial charge in [-0.2, -0.15) is 0 Å². The van der Waals surface area contributed by atoms with Crippen LogP contribution in [-0.4, -0.2) is 74.9 Å². The molecular formula is C72H139NO8P+. The Labute approximate surface area is 510 Å². The van der Waals surface area contributed by atoms with E-state index in [-0.39, 0.29) is 25.6 Å². The molecule has 10 heteroatoms. The van der Waals surface area contributed by atoms with Crippen LogP contribution in [0, 0.1) is 0 Å². The van der Waals surface area contributed by atoms with Gasteiger partial charge in [0, 0.05) is 12.8 Å². The number of nitrogens with zero attached hydrogens (tertiary/aromatic N) is 1. The van der Waals surface area contributed by atoms with E-state index in [0.717, 1.165) is 44.9 Å². The Morgan fingerprint density at radius 2 is 0.659 bits per heavy atom. The molecule has 0 amide bonds. The fraction of sp³-hybridized carbons (Fsp3) is 0.889. The van der Waals surface area contributed by atoms with Crippen LogP contribution in [0.15, 0.2) is 36.5 Å². The predicted molar refractivity (Wildman–Crippen MR) is 354 cm³/mol. The number of allylic oxidation sites excluding steroid dienone is 6. The maximum atomic E-state index is 12.9. The minimum absolute atomic E-state index is 0.0334. The van der Waals surface area contributed by atoms with Gasteiger partial charge >= 0.3 is 19.8 Å². The van der Waals surface area contributed by atoms with Crippen molar-refractivity contribution in [2.75, 3.05) is 47.5 Å². The molecule has 0 aliphatic heterocycles. The van der Waals surface area contributed by atoms with E-state index >= 15 is 0 Å². The molecule has 0 spiro atoms. The Morgan fingerprint density at radius 1 is 0.378 bits per heavy atom. The van der Waals surface area contributed by atoms with Crippen LogP contribution in [-0.2, 0) is 32.7 Å². The third-order valence-corrected chi connectivity index (χ3v) is 17.2. The number of carbonyl (C=O) groups is 2. The number of esters is 2. The summed E-state index contributed by atoms with van der Waals surface area (Å²) in [6, 6.07) is 0. The second kappa shape index (κ2) is 63.7. The van der Waals surface area contributed by atoms with E-state index < -0.39 is 26.5 Å². The van der Waals surface area contributed by atoms with Gasteiger partial charge in [-0.05, 0) is 51.4 Å². The van der Waals surface area contributed by atoms with Crippen molar-refractivity contribution in [2.45, 2.75) is 367 Å². The van der Waals surface area contributed by atoms with Crippen molar-refractivity contribution < 1.29 is 42.1 Å². The largest absolute Gasteiger partial charge is 0.472 e. The highest BCUT2D eigenvalue weighted by molar-refractivity contribution is 7.47. The molecule has 2 unspecified atom stereocenters. The zero-order valence-corrected chi connectivity index (χ0v) is 56.1. The van der Waals surface area contributed by atoms with E-state index in [9.17, 15) is 19.0 Å². The summed E-state index contributed by atoms with van der Waals surface area (Å²) < 4.78 is 34.7. The first-order chi connectivity index (χ1) is 40.0. The normalized spacial score (nSPS) is 13.3. The number of ether oxygens (including phenoxy) is 2. The minimum Gasteiger partial charge on any atom is -0.462 e. The SMILES string of the molecule is CCCCCCC/C=C\C/C=C\C/C=C\CCCCCCCCCCCCCCC(=O)OC(COC(=O)CCCCCCCCCCCCCCCCCCCCCCCCCCCCCCCCC)COP(=O)(O)OCC[N+](C)(C)C. The van der Waals surface area contributed by atoms with Gasteiger partial charge in [0.15, 0.2) is 6.10 Å². The monoisotopic (exact) mass is 1180 g/mol. The molecule has 0 radical (unpaired) electrons. The molecule has 2 atom stereocenters. The standard InChI is InChI=1S/C72H138NO8P/c1-6-8-10-12-14-16-18-20-22-24-26-28-30-32-34-35-36-37-39-40-42-44-46-48-50-52-54-56-58-60-62-64-71(74)78-68-70(69-80-82(76,77)79-67-66-73(3,4)5)81-72(75)65-63-61-59-57-55-53-51-49-47-45-43-41-38-33-31-29-27-25-23-21-19-17-15-13-11-9-7-2/h19,21,25,27,31,33,70H,6-18,20,22-24,26,28-30,32,34-69H2,1-5H3/p+1/b21-19-,27-25-,33-31-. The number of hydrogen-bond acceptors (Lipinski definition) is 7. The van der Waals surface area contributed by atoms with Gasteiger partial charge in [0.25, 0.3) is 0 Å². The molecule has 0 aromatic rings. The minimum atomic E-state index is -4.39. The fourth-order valence-electron chi connectivity index (χ4n) is 10.7. The van der Waals surface area contributed by atoms with Gasteiger partial charge in [0.05, 0.1) is 27.7 Å². The van der Waals surface area contributed by atoms with E-state index in [0.29, 0.717) is 23.9 Å². The third-order valence-electron chi connectivity index (χ3n) is 16.2. The van der Waals surface area contributed by atoms with E-state index in [1.807, 2.05) is 21.1 Å². The van der Waals surface area contributed by atoms with Gasteiger partial charge in [-0.25, -0.2) is 4.57 Å². The van der Waals surface area contributed by atoms with E-state index in [1.165, 1.54) is 283 Å². The topological polar surface area (TPSA) is 108 Å². The predicted octanol–water partition coefficient (Wildman–Crippen LogP) is 23.1. The van der Waals surface area contributed by atoms with Crippen molar-refractivity contribution in [3.63, 3.8) is 0 Å². The van der Waals surface area contributed by atoms with Gasteiger partial charge in [0.2, 0.25) is 0 Å². The number of quaternary nitrogens is 1. The Balaban J connectivity index is 3.99. The molecule has 0 aliphatic rings. The molecule has 1 N–H and O–H groups in total. The maximum Gasteiger partial charge on any atom is 0.472 e. The molecule has 0 aromatic heterocycles. The lowest BCUT2D eigenvalue weighted by atomic mass is 10.0. The van der Waals surface area contributed by atoms with Crippen molar-refractivity contribution in [1.29, 1.82) is 0 Å². The number of phosphoric acid groups is 1. The molecule has 0 saturated carbocycles. The Hall–Kier alpha value is -1.77. The Bertz CT molecular complexity index is 1480. The van der Waals surface area contributed by atoms with Gasteiger partial charge in [-0.3, -0.25) is 18.6 Å². The summed E-state index contributed by atoms with van der Waals surface area (Å²) in [5.74, 6) is -0.780. The highest BCUT2D eigenvalue weighted by atomic mass is 31.2. The lowest BCUT2D eigenvalue weighted by molar-refractivity contribution is -0.870. The summed E-state index contributed by atoms with van der Waals surface area (Å²) >= 11 is 0. The summed E-state index contributed by atoms with van der Waals surface area (Å²) in [4.78, 5) is 35.9. The van der Waals surface area contributed by atoms with E-state index in [1.54, 1.807) is 0 Å². The molecule has 484 valence electrons. The Kier molecular flexibility index (Phi) is 62.3. The summed E-state index contributed by atoms with van der Waals surface area (Å²) in [6.07, 6.45) is 81.1. The fourth-order valence-corrected chi connectivity index (χ4v) is 11.4. The van der Waals surface area contributed by atoms with Crippen LogP contribution < -0.4 is 0 Å². The number of hydrogen-bond donors (Lipinski definition) is 1. The molecular weight excluding hydrogens is 1040 g/mol. The second-order valence-electron chi connectivity index (χ2n) is 25.6. The number of phosphoric ester groups is 1. The van der Waals surface area contributed by atoms with Gasteiger partial charge in [-0.1, -0.05) is 333 Å². The summed E-state index contributed by atoms with van der Waals surface area (Å²) in [5, 5.41) is 0. The molecule has 0 saturated heterocycles. The zero-order valence-electron chi connectivity index (χ0n) is 55.3. The first-order valence-corrected chi connectivity index (χ1v) is 37.2. The van der Waals surface area contributed by atoms with E-state index in [4.69, 9.17) is 18.5 Å². The van der Waals surface area contributed by atoms with Crippen LogP contribution in [0.3, 0.4) is 0 Å². The maximum absolute atomic E-state index is 12.9. The van der Waals surface area contributed by atoms with Crippen molar-refractivity contribution in [3.05, 3.63) is 36.5 Å². The molecule has 82 heavy (non-hydrogen) atoms. The number of rotatable bonds is 67. The van der Waals surface area contributed by atoms with Crippen LogP contribution in [0.2, 0.25) is 0 Å². The number of carbonyl (C=O) groups excluding carboxylic acids is 2. The highest BCUT2D eigenvalue weighted by Gasteiger charge is 2.27. The molecule has 9 nitrogen and oxygen atoms in total. The summed E-state index contributed by atoms with van der Waals surface area (Å²) in [5.41, 5.74) is 0. The average molecular weight is 1180 g/mol. The van der Waals surface area contributed by atoms with Crippen LogP contribution in [0.4, 0.5) is 0 Å². The molecule has 0 aliphatic carbocycles. The Morgan fingerprint density at radius 3 is 0.976 bits per heavy atom. The van der Waals surface area contributed by atoms with Crippen molar-refractivity contribution in [2.24, 2.45) is 0 Å². The van der Waals surface area contributed by atoms with Crippen LogP contribution >= 0.6 is 7.82 Å². The molecule has 0 rings (SSSR count). The first kappa shape index (κ1) is 80.2. The van der Waals surface area contributed by atoms with Crippen molar-refractivity contribution in [3.8, 4) is 0 Å². The van der Waals surface area contributed by atoms with Gasteiger partial charge in [-0.15, -0.1) is 0 Å². The molecule has 0 aromatic carbocycles. The average Bonchev–Trinajstić information content (AvgIpc) is 3.46. The van der Waals surface area contributed by atoms with Crippen molar-refractivity contribution in [1.82, 2.24) is 0 Å². The highest BCUT2D eigenvalue weighted by Crippen LogP contribution is 2.43. The second-order valence-corrected chi connectivity index (χ2v) is 27.1. The van der Waals surface area contributed by atoms with Crippen LogP contribution in [0.25, 0.3) is 0 Å². The molecule has 0 bridgehead atoms. The lowest BCUT2D eigenvalue weighted by Gasteiger charge is -2.24. The van der Waals surface area contributed by atoms with E-state index in [2.05, 4.69) is 50.3 Å². The summed E-state index contributed by atoms with van der Waals surface area (Å²) in [7, 11) is 1.49. The van der Waals surface area contributed by atoms with Gasteiger partial charge < -0.3 is 18.9 Å². The third kappa shape index (κ3) is 67.4. The lowest BCUT2D eigenvalue weighted by Crippen LogP contribution is -2.37. The van der Waals surface area contributed by atoms with Crippen LogP contribution in [0.1, 0.15) is 361 Å². The van der Waals surface area contributed by atoms with Crippen molar-refractivity contribution >= 4 is 19.8 Å². The number of unbranched alkanes of at least 4 members (excludes halogenated alkanes) is 47. The molecule has 0 heterocycles. The van der Waals surface area contributed by atoms with Gasteiger partial charge in [0.1, 0.15) is 19.8 Å². The number of likely N-dealkylation sites (N-methyl/N-ethyl adjacent to an activating group) is 1.